The number of nitrogens with one attached hydrogen (secondary N) is 1. The Morgan fingerprint density at radius 2 is 2.21 bits per heavy atom. The number of hydrogen-bond donors (Lipinski definition) is 2. The van der Waals surface area contributed by atoms with E-state index >= 15 is 0 Å². The predicted molar refractivity (Wildman–Crippen MR) is 55.4 cm³/mol. The number of aromatic amines is 1. The fourth-order valence-electron chi connectivity index (χ4n) is 1.42. The van der Waals surface area contributed by atoms with Gasteiger partial charge in [0.15, 0.2) is 5.65 Å². The zero-order valence-corrected chi connectivity index (χ0v) is 7.36. The highest BCUT2D eigenvalue weighted by Crippen LogP contribution is 2.23. The van der Waals surface area contributed by atoms with E-state index in [-0.39, 0.29) is 0 Å². The number of rotatable bonds is 1. The van der Waals surface area contributed by atoms with E-state index < -0.39 is 0 Å². The van der Waals surface area contributed by atoms with Gasteiger partial charge in [-0.25, -0.2) is 9.97 Å². The molecule has 3 rings (SSSR count). The fraction of sp³-hybridized carbons (Fsp3) is 0. The highest BCUT2D eigenvalue weighted by Gasteiger charge is 2.10. The van der Waals surface area contributed by atoms with E-state index in [2.05, 4.69) is 15.0 Å². The molecule has 14 heavy (non-hydrogen) atoms. The van der Waals surface area contributed by atoms with E-state index in [4.69, 9.17) is 5.73 Å². The number of anilines is 1. The van der Waals surface area contributed by atoms with Gasteiger partial charge >= 0.3 is 0 Å². The van der Waals surface area contributed by atoms with Crippen molar-refractivity contribution >= 4 is 22.4 Å². The maximum atomic E-state index is 5.78. The second-order valence-electron chi connectivity index (χ2n) is 3.17. The zero-order chi connectivity index (χ0) is 9.54. The number of hydrogen-bond acceptors (Lipinski definition) is 3. The van der Waals surface area contributed by atoms with Gasteiger partial charge in [0, 0.05) is 11.8 Å². The minimum Gasteiger partial charge on any atom is -0.397 e. The van der Waals surface area contributed by atoms with Crippen LogP contribution in [0.25, 0.3) is 16.7 Å². The third-order valence-electron chi connectivity index (χ3n) is 2.25. The van der Waals surface area contributed by atoms with E-state index in [1.165, 1.54) is 0 Å². The molecule has 68 valence electrons. The van der Waals surface area contributed by atoms with E-state index in [9.17, 15) is 0 Å². The van der Waals surface area contributed by atoms with Crippen molar-refractivity contribution in [3.05, 3.63) is 36.3 Å². The number of allylic oxidation sites excluding steroid dienone is 4. The van der Waals surface area contributed by atoms with Crippen LogP contribution in [0.15, 0.2) is 30.5 Å². The molecule has 4 nitrogen and oxygen atoms in total. The summed E-state index contributed by atoms with van der Waals surface area (Å²) in [5.41, 5.74) is 9.02. The Bertz CT molecular complexity index is 563. The van der Waals surface area contributed by atoms with Crippen molar-refractivity contribution in [2.75, 3.05) is 5.73 Å². The number of pyridine rings is 1. The third-order valence-corrected chi connectivity index (χ3v) is 2.25. The van der Waals surface area contributed by atoms with Crippen LogP contribution >= 0.6 is 0 Å². The lowest BCUT2D eigenvalue weighted by atomic mass is 10.1. The van der Waals surface area contributed by atoms with E-state index in [0.29, 0.717) is 11.3 Å². The molecule has 0 spiro atoms. The molecule has 0 fully saturated rings. The first-order chi connectivity index (χ1) is 6.84. The predicted octanol–water partition coefficient (Wildman–Crippen LogP) is 1.49. The Kier molecular flexibility index (Phi) is 1.28. The summed E-state index contributed by atoms with van der Waals surface area (Å²) in [4.78, 5) is 11.6. The molecule has 0 bridgehead atoms. The molecule has 0 unspecified atom stereocenters. The number of nitrogens with two attached hydrogens (primary N) is 1. The number of nitrogen functional groups attached to an aromatic ring is 1. The van der Waals surface area contributed by atoms with Crippen molar-refractivity contribution in [2.24, 2.45) is 0 Å². The van der Waals surface area contributed by atoms with Crippen LogP contribution in [0, 0.1) is 0 Å². The third kappa shape index (κ3) is 0.877. The lowest BCUT2D eigenvalue weighted by molar-refractivity contribution is 1.24. The first-order valence-corrected chi connectivity index (χ1v) is 4.33. The Labute approximate surface area is 80.2 Å². The van der Waals surface area contributed by atoms with Gasteiger partial charge in [0.2, 0.25) is 0 Å². The Morgan fingerprint density at radius 3 is 2.86 bits per heavy atom. The molecule has 2 aromatic heterocycles. The van der Waals surface area contributed by atoms with Crippen LogP contribution in [-0.4, -0.2) is 15.0 Å². The molecule has 2 heterocycles. The second-order valence-corrected chi connectivity index (χ2v) is 3.17. The largest absolute Gasteiger partial charge is 0.397 e. The van der Waals surface area contributed by atoms with Gasteiger partial charge in [-0.2, -0.15) is 0 Å². The number of nitrogens with zero attached hydrogens (tertiary/aromatic N) is 2. The van der Waals surface area contributed by atoms with Crippen LogP contribution < -0.4 is 5.73 Å². The molecule has 0 atom stereocenters. The number of aromatic nitrogens is 3. The first-order valence-electron chi connectivity index (χ1n) is 4.33. The average Bonchev–Trinajstić information content (AvgIpc) is 2.46. The summed E-state index contributed by atoms with van der Waals surface area (Å²) in [5.74, 6) is 0.827. The number of imidazole rings is 1. The molecule has 0 radical (unpaired) electrons. The van der Waals surface area contributed by atoms with Gasteiger partial charge in [-0.05, 0) is 6.07 Å². The Hall–Kier alpha value is -2.10. The molecule has 0 saturated heterocycles. The second kappa shape index (κ2) is 2.45. The van der Waals surface area contributed by atoms with Crippen LogP contribution in [0.1, 0.15) is 5.82 Å². The molecule has 0 amide bonds. The Morgan fingerprint density at radius 1 is 1.36 bits per heavy atom. The molecule has 0 saturated carbocycles. The summed E-state index contributed by atoms with van der Waals surface area (Å²) >= 11 is 0. The average molecular weight is 184 g/mol. The van der Waals surface area contributed by atoms with Gasteiger partial charge in [-0.15, -0.1) is 0 Å². The molecule has 4 heteroatoms. The van der Waals surface area contributed by atoms with Crippen LogP contribution in [-0.2, 0) is 0 Å². The van der Waals surface area contributed by atoms with Crippen LogP contribution in [0.2, 0.25) is 0 Å². The monoisotopic (exact) mass is 184 g/mol. The van der Waals surface area contributed by atoms with Crippen LogP contribution in [0.4, 0.5) is 5.69 Å². The summed E-state index contributed by atoms with van der Waals surface area (Å²) in [6, 6.07) is 1.76. The molecule has 2 aromatic rings. The van der Waals surface area contributed by atoms with Crippen LogP contribution in [0.5, 0.6) is 0 Å². The van der Waals surface area contributed by atoms with E-state index in [1.807, 2.05) is 18.2 Å². The molecule has 0 aliphatic heterocycles. The van der Waals surface area contributed by atoms with Gasteiger partial charge in [0.25, 0.3) is 0 Å². The number of H-pyrrole nitrogens is 1. The summed E-state index contributed by atoms with van der Waals surface area (Å²) in [6.45, 7) is 0. The van der Waals surface area contributed by atoms with Gasteiger partial charge in [-0.3, -0.25) is 0 Å². The van der Waals surface area contributed by atoms with Gasteiger partial charge in [0.1, 0.15) is 11.3 Å². The summed E-state index contributed by atoms with van der Waals surface area (Å²) in [6.07, 6.45) is 7.62. The maximum absolute atomic E-state index is 5.78. The van der Waals surface area contributed by atoms with Gasteiger partial charge in [-0.1, -0.05) is 18.2 Å². The highest BCUT2D eigenvalue weighted by atomic mass is 15.0. The van der Waals surface area contributed by atoms with Crippen molar-refractivity contribution in [1.29, 1.82) is 0 Å². The van der Waals surface area contributed by atoms with Crippen molar-refractivity contribution in [3.8, 4) is 0 Å². The fourth-order valence-corrected chi connectivity index (χ4v) is 1.42. The van der Waals surface area contributed by atoms with Crippen molar-refractivity contribution in [3.63, 3.8) is 0 Å². The van der Waals surface area contributed by atoms with Gasteiger partial charge in [0.05, 0.1) is 5.69 Å². The minimum absolute atomic E-state index is 0.668. The molecular weight excluding hydrogens is 176 g/mol. The van der Waals surface area contributed by atoms with Crippen molar-refractivity contribution in [1.82, 2.24) is 15.0 Å². The normalized spacial score (nSPS) is 14.1. The van der Waals surface area contributed by atoms with E-state index in [0.717, 1.165) is 16.9 Å². The molecule has 0 aromatic carbocycles. The molecule has 1 aliphatic rings. The lowest BCUT2D eigenvalue weighted by Gasteiger charge is -2.01. The molecule has 3 N–H and O–H groups in total. The summed E-state index contributed by atoms with van der Waals surface area (Å²) in [7, 11) is 0. The smallest absolute Gasteiger partial charge is 0.180 e. The number of fused-ring (bicyclic) bond motifs is 1. The van der Waals surface area contributed by atoms with Crippen molar-refractivity contribution < 1.29 is 0 Å². The highest BCUT2D eigenvalue weighted by molar-refractivity contribution is 5.88. The lowest BCUT2D eigenvalue weighted by Crippen LogP contribution is -1.88. The maximum Gasteiger partial charge on any atom is 0.180 e. The van der Waals surface area contributed by atoms with Crippen molar-refractivity contribution in [2.45, 2.75) is 0 Å². The van der Waals surface area contributed by atoms with Crippen LogP contribution in [0.3, 0.4) is 0 Å². The first kappa shape index (κ1) is 7.32. The summed E-state index contributed by atoms with van der Waals surface area (Å²) in [5, 5.41) is 0. The minimum atomic E-state index is 0.668. The zero-order valence-electron chi connectivity index (χ0n) is 7.36. The summed E-state index contributed by atoms with van der Waals surface area (Å²) < 4.78 is 0. The van der Waals surface area contributed by atoms with Gasteiger partial charge < -0.3 is 10.7 Å². The SMILES string of the molecule is Nc1ccnc2nc(C3=CC=C3)[nH]c12. The standard InChI is InChI=1S/C10H8N4/c11-7-4-5-12-10-8(7)13-9(14-10)6-2-1-3-6/h1-5H,(H3,11,12,13,14). The quantitative estimate of drug-likeness (QED) is 0.705. The molecular formula is C10H8N4. The van der Waals surface area contributed by atoms with E-state index in [1.54, 1.807) is 12.3 Å². The topological polar surface area (TPSA) is 67.6 Å². The Balaban J connectivity index is 2.25. The molecule has 1 aliphatic carbocycles.